The molecule has 2 heterocycles. The highest BCUT2D eigenvalue weighted by molar-refractivity contribution is 8.00. The van der Waals surface area contributed by atoms with Crippen LogP contribution in [-0.2, 0) is 11.8 Å². The van der Waals surface area contributed by atoms with Crippen molar-refractivity contribution in [3.63, 3.8) is 0 Å². The van der Waals surface area contributed by atoms with Gasteiger partial charge in [0.25, 0.3) is 0 Å². The number of aromatic nitrogens is 4. The summed E-state index contributed by atoms with van der Waals surface area (Å²) in [6.07, 6.45) is 3.31. The zero-order valence-electron chi connectivity index (χ0n) is 14.0. The minimum atomic E-state index is -0.699. The number of carbonyl (C=O) groups excluding carboxylic acids is 1. The van der Waals surface area contributed by atoms with Crippen molar-refractivity contribution >= 4 is 23.4 Å². The number of thioether (sulfide) groups is 1. The molecule has 0 spiro atoms. The first-order valence-corrected chi connectivity index (χ1v) is 8.56. The number of nitrogens with zero attached hydrogens (tertiary/aromatic N) is 4. The highest BCUT2D eigenvalue weighted by Gasteiger charge is 2.20. The Morgan fingerprint density at radius 2 is 1.92 bits per heavy atom. The van der Waals surface area contributed by atoms with Crippen molar-refractivity contribution in [3.05, 3.63) is 54.4 Å². The molecule has 0 unspecified atom stereocenters. The van der Waals surface area contributed by atoms with E-state index in [1.807, 2.05) is 0 Å². The Balaban J connectivity index is 1.72. The molecule has 134 valence electrons. The van der Waals surface area contributed by atoms with Crippen molar-refractivity contribution in [2.45, 2.75) is 17.3 Å². The summed E-state index contributed by atoms with van der Waals surface area (Å²) in [5.41, 5.74) is 0.652. The first-order chi connectivity index (χ1) is 12.5. The van der Waals surface area contributed by atoms with E-state index in [-0.39, 0.29) is 5.69 Å². The highest BCUT2D eigenvalue weighted by atomic mass is 32.2. The van der Waals surface area contributed by atoms with Gasteiger partial charge in [-0.3, -0.25) is 9.78 Å². The van der Waals surface area contributed by atoms with Crippen LogP contribution in [0.25, 0.3) is 11.4 Å². The number of hydrogen-bond donors (Lipinski definition) is 1. The number of halogens is 2. The molecular weight excluding hydrogens is 360 g/mol. The zero-order chi connectivity index (χ0) is 18.7. The number of carbonyl (C=O) groups is 1. The molecular formula is C17H15F2N5OS. The van der Waals surface area contributed by atoms with Gasteiger partial charge in [-0.1, -0.05) is 11.8 Å². The van der Waals surface area contributed by atoms with Crippen LogP contribution in [0, 0.1) is 11.6 Å². The van der Waals surface area contributed by atoms with Crippen molar-refractivity contribution < 1.29 is 13.6 Å². The predicted octanol–water partition coefficient (Wildman–Crippen LogP) is 3.27. The van der Waals surface area contributed by atoms with Crippen LogP contribution in [0.15, 0.2) is 47.9 Å². The molecule has 1 atom stereocenters. The maximum atomic E-state index is 13.7. The van der Waals surface area contributed by atoms with Crippen LogP contribution >= 0.6 is 11.8 Å². The first-order valence-electron chi connectivity index (χ1n) is 7.68. The summed E-state index contributed by atoms with van der Waals surface area (Å²) in [6.45, 7) is 1.65. The van der Waals surface area contributed by atoms with Gasteiger partial charge in [0.05, 0.1) is 10.9 Å². The molecule has 2 aromatic heterocycles. The number of amides is 1. The molecule has 1 amide bonds. The van der Waals surface area contributed by atoms with Gasteiger partial charge in [0.15, 0.2) is 11.0 Å². The van der Waals surface area contributed by atoms with E-state index in [0.29, 0.717) is 11.0 Å². The normalized spacial score (nSPS) is 12.0. The van der Waals surface area contributed by atoms with Crippen molar-refractivity contribution in [1.29, 1.82) is 0 Å². The van der Waals surface area contributed by atoms with Crippen molar-refractivity contribution in [2.75, 3.05) is 5.32 Å². The van der Waals surface area contributed by atoms with Gasteiger partial charge in [-0.2, -0.15) is 0 Å². The monoisotopic (exact) mass is 375 g/mol. The van der Waals surface area contributed by atoms with Crippen molar-refractivity contribution in [1.82, 2.24) is 19.7 Å². The van der Waals surface area contributed by atoms with Crippen molar-refractivity contribution in [2.24, 2.45) is 7.05 Å². The summed E-state index contributed by atoms with van der Waals surface area (Å²) in [4.78, 5) is 16.2. The summed E-state index contributed by atoms with van der Waals surface area (Å²) >= 11 is 1.17. The van der Waals surface area contributed by atoms with E-state index in [0.717, 1.165) is 23.8 Å². The van der Waals surface area contributed by atoms with Gasteiger partial charge in [0.2, 0.25) is 5.91 Å². The SMILES string of the molecule is C[C@H](Sc1nnc(-c2ccncc2)n1C)C(=O)Nc1cc(F)ccc1F. The molecule has 0 saturated heterocycles. The van der Waals surface area contributed by atoms with E-state index >= 15 is 0 Å². The second-order valence-corrected chi connectivity index (χ2v) is 6.78. The van der Waals surface area contributed by atoms with Gasteiger partial charge < -0.3 is 9.88 Å². The minimum Gasteiger partial charge on any atom is -0.323 e. The molecule has 0 fully saturated rings. The Labute approximate surface area is 152 Å². The van der Waals surface area contributed by atoms with E-state index in [2.05, 4.69) is 20.5 Å². The molecule has 0 radical (unpaired) electrons. The molecule has 1 N–H and O–H groups in total. The van der Waals surface area contributed by atoms with Crippen LogP contribution in [0.1, 0.15) is 6.92 Å². The lowest BCUT2D eigenvalue weighted by molar-refractivity contribution is -0.115. The fourth-order valence-electron chi connectivity index (χ4n) is 2.21. The maximum absolute atomic E-state index is 13.7. The Morgan fingerprint density at radius 3 is 2.65 bits per heavy atom. The van der Waals surface area contributed by atoms with Crippen molar-refractivity contribution in [3.8, 4) is 11.4 Å². The van der Waals surface area contributed by atoms with E-state index in [9.17, 15) is 13.6 Å². The molecule has 0 aliphatic heterocycles. The van der Waals surface area contributed by atoms with Crippen LogP contribution in [0.4, 0.5) is 14.5 Å². The Morgan fingerprint density at radius 1 is 1.19 bits per heavy atom. The molecule has 6 nitrogen and oxygen atoms in total. The number of benzene rings is 1. The quantitative estimate of drug-likeness (QED) is 0.693. The smallest absolute Gasteiger partial charge is 0.237 e. The number of nitrogens with one attached hydrogen (secondary N) is 1. The molecule has 3 rings (SSSR count). The van der Waals surface area contributed by atoms with Crippen LogP contribution < -0.4 is 5.32 Å². The third-order valence-corrected chi connectivity index (χ3v) is 4.75. The lowest BCUT2D eigenvalue weighted by atomic mass is 10.2. The number of rotatable bonds is 5. The molecule has 3 aromatic rings. The second kappa shape index (κ2) is 7.61. The van der Waals surface area contributed by atoms with Gasteiger partial charge >= 0.3 is 0 Å². The summed E-state index contributed by atoms with van der Waals surface area (Å²) < 4.78 is 28.6. The fourth-order valence-corrected chi connectivity index (χ4v) is 3.02. The molecule has 0 saturated carbocycles. The molecule has 1 aromatic carbocycles. The third-order valence-electron chi connectivity index (χ3n) is 3.61. The maximum Gasteiger partial charge on any atom is 0.237 e. The minimum absolute atomic E-state index is 0.196. The molecule has 9 heteroatoms. The lowest BCUT2D eigenvalue weighted by Crippen LogP contribution is -2.23. The van der Waals surface area contributed by atoms with Crippen LogP contribution in [0.2, 0.25) is 0 Å². The fraction of sp³-hybridized carbons (Fsp3) is 0.176. The highest BCUT2D eigenvalue weighted by Crippen LogP contribution is 2.26. The van der Waals surface area contributed by atoms with Gasteiger partial charge in [-0.25, -0.2) is 8.78 Å². The van der Waals surface area contributed by atoms with Crippen LogP contribution in [-0.4, -0.2) is 30.9 Å². The van der Waals surface area contributed by atoms with Gasteiger partial charge in [0.1, 0.15) is 11.6 Å². The summed E-state index contributed by atoms with van der Waals surface area (Å²) in [7, 11) is 1.79. The Kier molecular flexibility index (Phi) is 5.27. The number of anilines is 1. The van der Waals surface area contributed by atoms with E-state index in [4.69, 9.17) is 0 Å². The summed E-state index contributed by atoms with van der Waals surface area (Å²) in [6, 6.07) is 6.51. The van der Waals surface area contributed by atoms with E-state index in [1.54, 1.807) is 43.1 Å². The third kappa shape index (κ3) is 3.88. The topological polar surface area (TPSA) is 72.7 Å². The van der Waals surface area contributed by atoms with Gasteiger partial charge in [-0.05, 0) is 31.2 Å². The Hall–Kier alpha value is -2.81. The van der Waals surface area contributed by atoms with Crippen LogP contribution in [0.5, 0.6) is 0 Å². The molecule has 0 aliphatic rings. The molecule has 26 heavy (non-hydrogen) atoms. The zero-order valence-corrected chi connectivity index (χ0v) is 14.8. The van der Waals surface area contributed by atoms with Gasteiger partial charge in [-0.15, -0.1) is 10.2 Å². The largest absolute Gasteiger partial charge is 0.323 e. The molecule has 0 bridgehead atoms. The van der Waals surface area contributed by atoms with Gasteiger partial charge in [0, 0.05) is 31.1 Å². The summed E-state index contributed by atoms with van der Waals surface area (Å²) in [5, 5.41) is 10.5. The lowest BCUT2D eigenvalue weighted by Gasteiger charge is -2.12. The second-order valence-electron chi connectivity index (χ2n) is 5.47. The summed E-state index contributed by atoms with van der Waals surface area (Å²) in [5.74, 6) is -1.15. The van der Waals surface area contributed by atoms with E-state index < -0.39 is 22.8 Å². The van der Waals surface area contributed by atoms with Crippen LogP contribution in [0.3, 0.4) is 0 Å². The predicted molar refractivity (Wildman–Crippen MR) is 94.5 cm³/mol. The first kappa shape index (κ1) is 18.0. The number of hydrogen-bond acceptors (Lipinski definition) is 5. The average molecular weight is 375 g/mol. The van der Waals surface area contributed by atoms with E-state index in [1.165, 1.54) is 11.8 Å². The Bertz CT molecular complexity index is 932. The molecule has 0 aliphatic carbocycles. The average Bonchev–Trinajstić information content (AvgIpc) is 2.99. The standard InChI is InChI=1S/C17H15F2N5OS/c1-10(16(25)21-14-9-12(18)3-4-13(14)19)26-17-23-22-15(24(17)2)11-5-7-20-8-6-11/h3-10H,1-2H3,(H,21,25)/t10-/m0/s1. The number of pyridine rings is 1.